The first kappa shape index (κ1) is 11.4. The van der Waals surface area contributed by atoms with Crippen LogP contribution in [0.1, 0.15) is 0 Å². The van der Waals surface area contributed by atoms with Crippen LogP contribution >= 0.6 is 0 Å². The SMILES string of the molecule is C=CCOC(=O)N(CC=C)CC=O. The van der Waals surface area contributed by atoms with Crippen molar-refractivity contribution in [2.24, 2.45) is 0 Å². The number of carbonyl (C=O) groups is 2. The lowest BCUT2D eigenvalue weighted by molar-refractivity contribution is -0.108. The zero-order valence-corrected chi connectivity index (χ0v) is 7.44. The number of aldehydes is 1. The average Bonchev–Trinajstić information content (AvgIpc) is 2.14. The Bertz CT molecular complexity index is 191. The van der Waals surface area contributed by atoms with Crippen molar-refractivity contribution in [3.63, 3.8) is 0 Å². The summed E-state index contributed by atoms with van der Waals surface area (Å²) in [6.45, 7) is 7.32. The summed E-state index contributed by atoms with van der Waals surface area (Å²) in [5, 5.41) is 0. The van der Waals surface area contributed by atoms with Crippen molar-refractivity contribution in [1.29, 1.82) is 0 Å². The zero-order valence-electron chi connectivity index (χ0n) is 7.44. The maximum absolute atomic E-state index is 11.1. The van der Waals surface area contributed by atoms with Gasteiger partial charge in [-0.25, -0.2) is 4.79 Å². The molecule has 4 heteroatoms. The summed E-state index contributed by atoms with van der Waals surface area (Å²) in [6, 6.07) is 0. The molecule has 0 aliphatic carbocycles. The third-order valence-corrected chi connectivity index (χ3v) is 1.23. The summed E-state index contributed by atoms with van der Waals surface area (Å²) in [5.41, 5.74) is 0. The van der Waals surface area contributed by atoms with Crippen LogP contribution < -0.4 is 0 Å². The van der Waals surface area contributed by atoms with Crippen LogP contribution in [0.25, 0.3) is 0 Å². The third kappa shape index (κ3) is 4.79. The molecule has 0 atom stereocenters. The topological polar surface area (TPSA) is 46.6 Å². The van der Waals surface area contributed by atoms with Crippen LogP contribution in [0.15, 0.2) is 25.3 Å². The van der Waals surface area contributed by atoms with E-state index in [0.717, 1.165) is 0 Å². The van der Waals surface area contributed by atoms with Gasteiger partial charge in [-0.1, -0.05) is 18.7 Å². The van der Waals surface area contributed by atoms with Gasteiger partial charge in [0.1, 0.15) is 12.9 Å². The fourth-order valence-corrected chi connectivity index (χ4v) is 0.691. The number of hydrogen-bond donors (Lipinski definition) is 0. The quantitative estimate of drug-likeness (QED) is 0.456. The average molecular weight is 183 g/mol. The number of amides is 1. The van der Waals surface area contributed by atoms with Gasteiger partial charge in [0, 0.05) is 6.54 Å². The molecule has 0 aliphatic heterocycles. The van der Waals surface area contributed by atoms with Gasteiger partial charge in [0.25, 0.3) is 0 Å². The molecule has 0 saturated heterocycles. The van der Waals surface area contributed by atoms with E-state index in [2.05, 4.69) is 13.2 Å². The molecule has 72 valence electrons. The first-order valence-corrected chi connectivity index (χ1v) is 3.83. The van der Waals surface area contributed by atoms with Crippen molar-refractivity contribution in [3.8, 4) is 0 Å². The Labute approximate surface area is 77.5 Å². The number of hydrogen-bond acceptors (Lipinski definition) is 3. The summed E-state index contributed by atoms with van der Waals surface area (Å²) in [5.74, 6) is 0. The summed E-state index contributed by atoms with van der Waals surface area (Å²) in [6.07, 6.45) is 3.09. The van der Waals surface area contributed by atoms with Crippen molar-refractivity contribution >= 4 is 12.4 Å². The molecule has 0 N–H and O–H groups in total. The zero-order chi connectivity index (χ0) is 10.1. The number of ether oxygens (including phenoxy) is 1. The Morgan fingerprint density at radius 1 is 1.31 bits per heavy atom. The van der Waals surface area contributed by atoms with Gasteiger partial charge in [-0.3, -0.25) is 4.90 Å². The lowest BCUT2D eigenvalue weighted by Gasteiger charge is -2.16. The first-order chi connectivity index (χ1) is 6.26. The maximum Gasteiger partial charge on any atom is 0.410 e. The molecule has 1 amide bonds. The van der Waals surface area contributed by atoms with Crippen LogP contribution in [-0.4, -0.2) is 37.0 Å². The molecule has 0 aromatic carbocycles. The lowest BCUT2D eigenvalue weighted by atomic mass is 10.5. The van der Waals surface area contributed by atoms with Crippen LogP contribution in [-0.2, 0) is 9.53 Å². The smallest absolute Gasteiger partial charge is 0.410 e. The molecule has 0 saturated carbocycles. The summed E-state index contributed by atoms with van der Waals surface area (Å²) < 4.78 is 4.72. The summed E-state index contributed by atoms with van der Waals surface area (Å²) in [7, 11) is 0. The van der Waals surface area contributed by atoms with Crippen LogP contribution in [0.5, 0.6) is 0 Å². The van der Waals surface area contributed by atoms with Crippen molar-refractivity contribution in [1.82, 2.24) is 4.90 Å². The predicted octanol–water partition coefficient (Wildman–Crippen LogP) is 0.996. The summed E-state index contributed by atoms with van der Waals surface area (Å²) in [4.78, 5) is 22.5. The van der Waals surface area contributed by atoms with Crippen LogP contribution in [0.4, 0.5) is 4.79 Å². The summed E-state index contributed by atoms with van der Waals surface area (Å²) >= 11 is 0. The molecule has 0 bridgehead atoms. The second-order valence-electron chi connectivity index (χ2n) is 2.23. The van der Waals surface area contributed by atoms with E-state index in [-0.39, 0.29) is 13.2 Å². The van der Waals surface area contributed by atoms with Gasteiger partial charge in [0.2, 0.25) is 0 Å². The van der Waals surface area contributed by atoms with Gasteiger partial charge in [-0.2, -0.15) is 0 Å². The normalized spacial score (nSPS) is 8.62. The number of nitrogens with zero attached hydrogens (tertiary/aromatic N) is 1. The molecule has 0 aromatic rings. The van der Waals surface area contributed by atoms with E-state index in [4.69, 9.17) is 4.74 Å². The molecule has 13 heavy (non-hydrogen) atoms. The Balaban J connectivity index is 4.00. The van der Waals surface area contributed by atoms with E-state index in [1.165, 1.54) is 17.1 Å². The monoisotopic (exact) mass is 183 g/mol. The molecular weight excluding hydrogens is 170 g/mol. The standard InChI is InChI=1S/C9H13NO3/c1-3-5-10(6-7-11)9(12)13-8-4-2/h3-4,7H,1-2,5-6,8H2. The Hall–Kier alpha value is -1.58. The van der Waals surface area contributed by atoms with Crippen molar-refractivity contribution in [3.05, 3.63) is 25.3 Å². The molecule has 0 aliphatic rings. The minimum absolute atomic E-state index is 0.0159. The highest BCUT2D eigenvalue weighted by molar-refractivity contribution is 5.71. The Morgan fingerprint density at radius 3 is 2.46 bits per heavy atom. The highest BCUT2D eigenvalue weighted by atomic mass is 16.6. The minimum Gasteiger partial charge on any atom is -0.445 e. The highest BCUT2D eigenvalue weighted by Gasteiger charge is 2.11. The second kappa shape index (κ2) is 7.09. The van der Waals surface area contributed by atoms with Crippen LogP contribution in [0, 0.1) is 0 Å². The molecule has 0 unspecified atom stereocenters. The van der Waals surface area contributed by atoms with Gasteiger partial charge in [-0.05, 0) is 0 Å². The van der Waals surface area contributed by atoms with Gasteiger partial charge in [0.05, 0.1) is 6.54 Å². The second-order valence-corrected chi connectivity index (χ2v) is 2.23. The van der Waals surface area contributed by atoms with Crippen molar-refractivity contribution in [2.75, 3.05) is 19.7 Å². The number of carbonyl (C=O) groups excluding carboxylic acids is 2. The van der Waals surface area contributed by atoms with Crippen molar-refractivity contribution in [2.45, 2.75) is 0 Å². The largest absolute Gasteiger partial charge is 0.445 e. The first-order valence-electron chi connectivity index (χ1n) is 3.83. The molecule has 0 fully saturated rings. The Kier molecular flexibility index (Phi) is 6.23. The van der Waals surface area contributed by atoms with Gasteiger partial charge in [-0.15, -0.1) is 6.58 Å². The molecule has 4 nitrogen and oxygen atoms in total. The number of rotatable bonds is 6. The van der Waals surface area contributed by atoms with Gasteiger partial charge >= 0.3 is 6.09 Å². The van der Waals surface area contributed by atoms with E-state index < -0.39 is 6.09 Å². The molecule has 0 heterocycles. The predicted molar refractivity (Wildman–Crippen MR) is 49.4 cm³/mol. The van der Waals surface area contributed by atoms with Gasteiger partial charge in [0.15, 0.2) is 0 Å². The Morgan fingerprint density at radius 2 is 2.00 bits per heavy atom. The molecule has 0 aromatic heterocycles. The minimum atomic E-state index is -0.535. The third-order valence-electron chi connectivity index (χ3n) is 1.23. The molecular formula is C9H13NO3. The molecule has 0 spiro atoms. The van der Waals surface area contributed by atoms with E-state index in [1.807, 2.05) is 0 Å². The van der Waals surface area contributed by atoms with E-state index in [1.54, 1.807) is 0 Å². The van der Waals surface area contributed by atoms with Crippen molar-refractivity contribution < 1.29 is 14.3 Å². The fraction of sp³-hybridized carbons (Fsp3) is 0.333. The van der Waals surface area contributed by atoms with Crippen LogP contribution in [0.2, 0.25) is 0 Å². The van der Waals surface area contributed by atoms with E-state index in [9.17, 15) is 9.59 Å². The fourth-order valence-electron chi connectivity index (χ4n) is 0.691. The molecule has 0 radical (unpaired) electrons. The van der Waals surface area contributed by atoms with Crippen LogP contribution in [0.3, 0.4) is 0 Å². The lowest BCUT2D eigenvalue weighted by Crippen LogP contribution is -2.33. The highest BCUT2D eigenvalue weighted by Crippen LogP contribution is 1.93. The van der Waals surface area contributed by atoms with Gasteiger partial charge < -0.3 is 9.53 Å². The molecule has 0 rings (SSSR count). The van der Waals surface area contributed by atoms with E-state index >= 15 is 0 Å². The van der Waals surface area contributed by atoms with E-state index in [0.29, 0.717) is 12.8 Å². The maximum atomic E-state index is 11.1.